The molecule has 1 aromatic heterocycles. The van der Waals surface area contributed by atoms with Crippen LogP contribution in [-0.4, -0.2) is 22.0 Å². The van der Waals surface area contributed by atoms with Crippen LogP contribution in [-0.2, 0) is 4.79 Å². The lowest BCUT2D eigenvalue weighted by atomic mass is 10.1. The average molecular weight is 365 g/mol. The first kappa shape index (κ1) is 15.8. The molecule has 0 radical (unpaired) electrons. The third-order valence-electron chi connectivity index (χ3n) is 3.83. The van der Waals surface area contributed by atoms with E-state index < -0.39 is 17.1 Å². The maximum atomic E-state index is 12.7. The van der Waals surface area contributed by atoms with Gasteiger partial charge in [-0.05, 0) is 63.1 Å². The number of benzene rings is 2. The standard InChI is InChI=1S/C19H11NO3S2/c21-17(15-6-5-13-3-1-2-4-14(13)10-15)20-18(22)16(25-19(20)23)9-12-7-8-24-11-12/h1-11H/b16-9-. The summed E-state index contributed by atoms with van der Waals surface area (Å²) in [5.41, 5.74) is 1.16. The molecule has 2 heterocycles. The van der Waals surface area contributed by atoms with Crippen LogP contribution in [0.2, 0.25) is 0 Å². The summed E-state index contributed by atoms with van der Waals surface area (Å²) in [5.74, 6) is -1.17. The fraction of sp³-hybridized carbons (Fsp3) is 0. The van der Waals surface area contributed by atoms with Gasteiger partial charge in [0.05, 0.1) is 4.91 Å². The van der Waals surface area contributed by atoms with E-state index in [-0.39, 0.29) is 4.91 Å². The largest absolute Gasteiger partial charge is 0.300 e. The molecule has 25 heavy (non-hydrogen) atoms. The SMILES string of the molecule is O=C1S/C(=C\c2ccsc2)C(=O)N1C(=O)c1ccc2ccccc2c1. The molecule has 122 valence electrons. The Morgan fingerprint density at radius 2 is 1.80 bits per heavy atom. The fourth-order valence-electron chi connectivity index (χ4n) is 2.60. The van der Waals surface area contributed by atoms with E-state index in [4.69, 9.17) is 0 Å². The highest BCUT2D eigenvalue weighted by molar-refractivity contribution is 8.18. The van der Waals surface area contributed by atoms with Gasteiger partial charge in [0.25, 0.3) is 11.8 Å². The summed E-state index contributed by atoms with van der Waals surface area (Å²) in [6.07, 6.45) is 1.63. The summed E-state index contributed by atoms with van der Waals surface area (Å²) in [6, 6.07) is 14.6. The second-order valence-corrected chi connectivity index (χ2v) is 7.21. The van der Waals surface area contributed by atoms with Crippen LogP contribution in [0, 0.1) is 0 Å². The Kier molecular flexibility index (Phi) is 3.99. The molecule has 1 aliphatic rings. The van der Waals surface area contributed by atoms with Gasteiger partial charge in [-0.1, -0.05) is 30.3 Å². The summed E-state index contributed by atoms with van der Waals surface area (Å²) in [4.78, 5) is 38.4. The van der Waals surface area contributed by atoms with Gasteiger partial charge in [-0.3, -0.25) is 14.4 Å². The van der Waals surface area contributed by atoms with Crippen molar-refractivity contribution in [3.05, 3.63) is 75.3 Å². The molecule has 0 spiro atoms. The summed E-state index contributed by atoms with van der Waals surface area (Å²) in [6.45, 7) is 0. The number of fused-ring (bicyclic) bond motifs is 1. The minimum Gasteiger partial charge on any atom is -0.268 e. The molecule has 3 amide bonds. The van der Waals surface area contributed by atoms with Crippen molar-refractivity contribution in [3.63, 3.8) is 0 Å². The molecule has 4 nitrogen and oxygen atoms in total. The first-order valence-corrected chi connectivity index (χ1v) is 9.23. The molecule has 0 aliphatic carbocycles. The van der Waals surface area contributed by atoms with Crippen LogP contribution in [0.3, 0.4) is 0 Å². The van der Waals surface area contributed by atoms with Crippen molar-refractivity contribution in [2.45, 2.75) is 0 Å². The van der Waals surface area contributed by atoms with Gasteiger partial charge in [0.1, 0.15) is 0 Å². The summed E-state index contributed by atoms with van der Waals surface area (Å²) in [7, 11) is 0. The molecule has 3 aromatic rings. The molecule has 1 aliphatic heterocycles. The highest BCUT2D eigenvalue weighted by Gasteiger charge is 2.40. The Morgan fingerprint density at radius 3 is 2.56 bits per heavy atom. The van der Waals surface area contributed by atoms with Gasteiger partial charge < -0.3 is 0 Å². The van der Waals surface area contributed by atoms with Gasteiger partial charge in [0.2, 0.25) is 0 Å². The van der Waals surface area contributed by atoms with E-state index in [1.807, 2.05) is 47.2 Å². The van der Waals surface area contributed by atoms with Crippen molar-refractivity contribution < 1.29 is 14.4 Å². The Labute approximate surface area is 151 Å². The fourth-order valence-corrected chi connectivity index (χ4v) is 4.04. The van der Waals surface area contributed by atoms with E-state index in [9.17, 15) is 14.4 Å². The molecule has 1 fully saturated rings. The lowest BCUT2D eigenvalue weighted by Gasteiger charge is -2.11. The van der Waals surface area contributed by atoms with E-state index in [1.165, 1.54) is 11.3 Å². The van der Waals surface area contributed by atoms with Crippen LogP contribution < -0.4 is 0 Å². The van der Waals surface area contributed by atoms with Gasteiger partial charge in [-0.15, -0.1) is 0 Å². The van der Waals surface area contributed by atoms with E-state index in [1.54, 1.807) is 18.2 Å². The molecule has 4 rings (SSSR count). The average Bonchev–Trinajstić information content (AvgIpc) is 3.22. The minimum atomic E-state index is -0.595. The van der Waals surface area contributed by atoms with E-state index in [0.29, 0.717) is 10.5 Å². The van der Waals surface area contributed by atoms with Gasteiger partial charge in [-0.25, -0.2) is 4.90 Å². The summed E-state index contributed by atoms with van der Waals surface area (Å²) in [5, 5.41) is 5.07. The van der Waals surface area contributed by atoms with E-state index in [2.05, 4.69) is 0 Å². The number of thioether (sulfide) groups is 1. The molecular formula is C19H11NO3S2. The van der Waals surface area contributed by atoms with Crippen molar-refractivity contribution in [1.29, 1.82) is 0 Å². The maximum Gasteiger partial charge on any atom is 0.300 e. The van der Waals surface area contributed by atoms with Crippen LogP contribution in [0.25, 0.3) is 16.8 Å². The Morgan fingerprint density at radius 1 is 1.00 bits per heavy atom. The number of imide groups is 3. The quantitative estimate of drug-likeness (QED) is 0.484. The Balaban J connectivity index is 1.67. The molecule has 0 saturated carbocycles. The second-order valence-electron chi connectivity index (χ2n) is 5.44. The molecule has 6 heteroatoms. The number of nitrogens with zero attached hydrogens (tertiary/aromatic N) is 1. The van der Waals surface area contributed by atoms with Gasteiger partial charge >= 0.3 is 5.24 Å². The highest BCUT2D eigenvalue weighted by atomic mass is 32.2. The monoisotopic (exact) mass is 365 g/mol. The lowest BCUT2D eigenvalue weighted by Crippen LogP contribution is -2.34. The minimum absolute atomic E-state index is 0.262. The highest BCUT2D eigenvalue weighted by Crippen LogP contribution is 2.33. The zero-order valence-electron chi connectivity index (χ0n) is 12.8. The number of thiophene rings is 1. The summed E-state index contributed by atoms with van der Waals surface area (Å²) < 4.78 is 0. The van der Waals surface area contributed by atoms with E-state index >= 15 is 0 Å². The molecule has 2 aromatic carbocycles. The van der Waals surface area contributed by atoms with Gasteiger partial charge in [0.15, 0.2) is 0 Å². The summed E-state index contributed by atoms with van der Waals surface area (Å²) >= 11 is 2.29. The molecule has 0 atom stereocenters. The zero-order chi connectivity index (χ0) is 17.4. The van der Waals surface area contributed by atoms with Gasteiger partial charge in [-0.2, -0.15) is 11.3 Å². The van der Waals surface area contributed by atoms with Crippen molar-refractivity contribution in [1.82, 2.24) is 4.90 Å². The maximum absolute atomic E-state index is 12.7. The third kappa shape index (κ3) is 2.90. The van der Waals surface area contributed by atoms with Crippen LogP contribution in [0.15, 0.2) is 64.2 Å². The lowest BCUT2D eigenvalue weighted by molar-refractivity contribution is -0.120. The number of hydrogen-bond acceptors (Lipinski definition) is 5. The second kappa shape index (κ2) is 6.31. The van der Waals surface area contributed by atoms with Crippen LogP contribution >= 0.6 is 23.1 Å². The number of hydrogen-bond donors (Lipinski definition) is 0. The van der Waals surface area contributed by atoms with Crippen LogP contribution in [0.4, 0.5) is 4.79 Å². The molecule has 0 N–H and O–H groups in total. The van der Waals surface area contributed by atoms with Crippen molar-refractivity contribution >= 4 is 57.0 Å². The first-order valence-electron chi connectivity index (χ1n) is 7.47. The third-order valence-corrected chi connectivity index (χ3v) is 5.41. The normalized spacial score (nSPS) is 16.2. The smallest absolute Gasteiger partial charge is 0.268 e. The van der Waals surface area contributed by atoms with Crippen LogP contribution in [0.5, 0.6) is 0 Å². The van der Waals surface area contributed by atoms with Crippen molar-refractivity contribution in [2.24, 2.45) is 0 Å². The Bertz CT molecular complexity index is 1040. The van der Waals surface area contributed by atoms with Crippen molar-refractivity contribution in [2.75, 3.05) is 0 Å². The predicted octanol–water partition coefficient (Wildman–Crippen LogP) is 4.78. The molecule has 0 unspecified atom stereocenters. The number of carbonyl (C=O) groups excluding carboxylic acids is 3. The predicted molar refractivity (Wildman–Crippen MR) is 100 cm³/mol. The topological polar surface area (TPSA) is 54.5 Å². The van der Waals surface area contributed by atoms with Crippen molar-refractivity contribution in [3.8, 4) is 0 Å². The number of rotatable bonds is 2. The van der Waals surface area contributed by atoms with E-state index in [0.717, 1.165) is 28.1 Å². The Hall–Kier alpha value is -2.70. The first-order chi connectivity index (χ1) is 12.1. The molecular weight excluding hydrogens is 354 g/mol. The van der Waals surface area contributed by atoms with Gasteiger partial charge in [0, 0.05) is 5.56 Å². The van der Waals surface area contributed by atoms with Crippen LogP contribution in [0.1, 0.15) is 15.9 Å². The molecule has 1 saturated heterocycles. The number of amides is 3. The number of carbonyl (C=O) groups is 3. The molecule has 0 bridgehead atoms. The zero-order valence-corrected chi connectivity index (χ0v) is 14.5.